The molecule has 0 aliphatic carbocycles. The first-order valence-corrected chi connectivity index (χ1v) is 9.49. The number of sulfonamides is 1. The molecule has 18 heavy (non-hydrogen) atoms. The number of thiophene rings is 1. The third kappa shape index (κ3) is 3.56. The van der Waals surface area contributed by atoms with Crippen molar-refractivity contribution in [3.05, 3.63) is 17.0 Å². The second-order valence-corrected chi connectivity index (χ2v) is 8.34. The van der Waals surface area contributed by atoms with Gasteiger partial charge in [-0.25, -0.2) is 8.42 Å². The molecule has 0 saturated carbocycles. The van der Waals surface area contributed by atoms with Gasteiger partial charge >= 0.3 is 0 Å². The number of hydrogen-bond acceptors (Lipinski definition) is 3. The minimum absolute atomic E-state index is 0.0787. The molecule has 0 fully saturated rings. The van der Waals surface area contributed by atoms with Gasteiger partial charge in [-0.15, -0.1) is 11.3 Å². The van der Waals surface area contributed by atoms with Gasteiger partial charge in [0.1, 0.15) is 4.21 Å². The summed E-state index contributed by atoms with van der Waals surface area (Å²) in [5.74, 6) is 0. The topological polar surface area (TPSA) is 37.4 Å². The fraction of sp³-hybridized carbons (Fsp3) is 0.667. The molecule has 0 saturated heterocycles. The molecule has 0 bridgehead atoms. The molecule has 0 N–H and O–H groups in total. The van der Waals surface area contributed by atoms with Crippen LogP contribution in [-0.2, 0) is 10.0 Å². The molecule has 3 nitrogen and oxygen atoms in total. The molecule has 104 valence electrons. The van der Waals surface area contributed by atoms with Crippen LogP contribution in [0.5, 0.6) is 0 Å². The first-order valence-electron chi connectivity index (χ1n) is 6.11. The molecule has 1 heterocycles. The molecule has 0 aromatic carbocycles. The Kier molecular flexibility index (Phi) is 6.30. The smallest absolute Gasteiger partial charge is 0.206 e. The zero-order valence-electron chi connectivity index (χ0n) is 11.0. The third-order valence-electron chi connectivity index (χ3n) is 2.93. The van der Waals surface area contributed by atoms with Gasteiger partial charge in [-0.2, -0.15) is 4.31 Å². The monoisotopic (exact) mass is 353 g/mol. The van der Waals surface area contributed by atoms with E-state index in [-0.39, 0.29) is 6.04 Å². The van der Waals surface area contributed by atoms with E-state index in [1.165, 1.54) is 11.3 Å². The summed E-state index contributed by atoms with van der Waals surface area (Å²) in [6.07, 6.45) is 1.68. The van der Waals surface area contributed by atoms with Crippen molar-refractivity contribution in [1.82, 2.24) is 4.31 Å². The molecule has 1 rings (SSSR count). The van der Waals surface area contributed by atoms with Crippen LogP contribution in [0.15, 0.2) is 16.3 Å². The van der Waals surface area contributed by atoms with E-state index < -0.39 is 10.0 Å². The Morgan fingerprint density at radius 3 is 2.33 bits per heavy atom. The average Bonchev–Trinajstić information content (AvgIpc) is 2.77. The van der Waals surface area contributed by atoms with E-state index in [1.807, 2.05) is 26.8 Å². The molecule has 0 atom stereocenters. The number of aryl methyl sites for hydroxylation is 1. The zero-order valence-corrected chi connectivity index (χ0v) is 14.2. The van der Waals surface area contributed by atoms with Crippen molar-refractivity contribution in [2.24, 2.45) is 0 Å². The molecule has 6 heteroatoms. The summed E-state index contributed by atoms with van der Waals surface area (Å²) in [7, 11) is -3.34. The van der Waals surface area contributed by atoms with Gasteiger partial charge in [-0.1, -0.05) is 29.8 Å². The van der Waals surface area contributed by atoms with Gasteiger partial charge in [0, 0.05) is 22.8 Å². The van der Waals surface area contributed by atoms with E-state index in [9.17, 15) is 8.42 Å². The minimum atomic E-state index is -3.34. The van der Waals surface area contributed by atoms with E-state index in [1.54, 1.807) is 10.4 Å². The van der Waals surface area contributed by atoms with Gasteiger partial charge in [0.05, 0.1) is 0 Å². The van der Waals surface area contributed by atoms with Crippen molar-refractivity contribution in [2.45, 2.75) is 43.9 Å². The summed E-state index contributed by atoms with van der Waals surface area (Å²) in [6, 6.07) is 3.64. The Morgan fingerprint density at radius 2 is 1.94 bits per heavy atom. The second kappa shape index (κ2) is 7.03. The van der Waals surface area contributed by atoms with E-state index in [4.69, 9.17) is 0 Å². The summed E-state index contributed by atoms with van der Waals surface area (Å²) >= 11 is 4.69. The van der Waals surface area contributed by atoms with Crippen molar-refractivity contribution in [2.75, 3.05) is 11.9 Å². The van der Waals surface area contributed by atoms with Crippen molar-refractivity contribution >= 4 is 37.3 Å². The van der Waals surface area contributed by atoms with Gasteiger partial charge < -0.3 is 0 Å². The summed E-state index contributed by atoms with van der Waals surface area (Å²) in [5.41, 5.74) is 0. The fourth-order valence-electron chi connectivity index (χ4n) is 1.94. The lowest BCUT2D eigenvalue weighted by molar-refractivity contribution is 0.318. The maximum Gasteiger partial charge on any atom is 0.252 e. The van der Waals surface area contributed by atoms with Crippen LogP contribution < -0.4 is 0 Å². The normalized spacial score (nSPS) is 12.6. The van der Waals surface area contributed by atoms with Crippen molar-refractivity contribution in [3.8, 4) is 0 Å². The van der Waals surface area contributed by atoms with Gasteiger partial charge in [0.15, 0.2) is 0 Å². The van der Waals surface area contributed by atoms with E-state index >= 15 is 0 Å². The van der Waals surface area contributed by atoms with Crippen LogP contribution in [0.3, 0.4) is 0 Å². The van der Waals surface area contributed by atoms with E-state index in [0.717, 1.165) is 17.7 Å². The lowest BCUT2D eigenvalue weighted by atomic mass is 10.2. The summed E-state index contributed by atoms with van der Waals surface area (Å²) in [6.45, 7) is 6.51. The average molecular weight is 354 g/mol. The first-order chi connectivity index (χ1) is 8.47. The van der Waals surface area contributed by atoms with Crippen LogP contribution in [0.1, 0.15) is 31.6 Å². The predicted molar refractivity (Wildman–Crippen MR) is 81.1 cm³/mol. The zero-order chi connectivity index (χ0) is 13.8. The summed E-state index contributed by atoms with van der Waals surface area (Å²) in [4.78, 5) is 1.02. The molecular weight excluding hydrogens is 334 g/mol. The lowest BCUT2D eigenvalue weighted by Crippen LogP contribution is -2.40. The van der Waals surface area contributed by atoms with E-state index in [2.05, 4.69) is 15.9 Å². The third-order valence-corrected chi connectivity index (χ3v) is 6.71. The second-order valence-electron chi connectivity index (χ2n) is 4.14. The summed E-state index contributed by atoms with van der Waals surface area (Å²) in [5, 5.41) is 0.660. The number of nitrogens with zero attached hydrogens (tertiary/aromatic N) is 1. The Morgan fingerprint density at radius 1 is 1.33 bits per heavy atom. The fourth-order valence-corrected chi connectivity index (χ4v) is 5.75. The quantitative estimate of drug-likeness (QED) is 0.701. The molecule has 0 aliphatic rings. The highest BCUT2D eigenvalue weighted by molar-refractivity contribution is 9.09. The van der Waals surface area contributed by atoms with Crippen LogP contribution in [-0.4, -0.2) is 30.6 Å². The number of alkyl halides is 1. The molecule has 0 spiro atoms. The van der Waals surface area contributed by atoms with Crippen LogP contribution in [0.2, 0.25) is 0 Å². The number of rotatable bonds is 7. The van der Waals surface area contributed by atoms with E-state index in [0.29, 0.717) is 16.1 Å². The standard InChI is InChI=1S/C12H20BrNO2S2/c1-4-11(5-2)14(9-8-13)18(15,16)12-7-6-10(3)17-12/h6-7,11H,4-5,8-9H2,1-3H3. The first kappa shape index (κ1) is 16.1. The molecule has 0 amide bonds. The van der Waals surface area contributed by atoms with Crippen molar-refractivity contribution in [3.63, 3.8) is 0 Å². The van der Waals surface area contributed by atoms with Crippen molar-refractivity contribution in [1.29, 1.82) is 0 Å². The Labute approximate surface area is 122 Å². The summed E-state index contributed by atoms with van der Waals surface area (Å²) < 4.78 is 27.3. The van der Waals surface area contributed by atoms with Gasteiger partial charge in [-0.3, -0.25) is 0 Å². The highest BCUT2D eigenvalue weighted by Crippen LogP contribution is 2.27. The lowest BCUT2D eigenvalue weighted by Gasteiger charge is -2.28. The molecular formula is C12H20BrNO2S2. The molecule has 1 aromatic rings. The van der Waals surface area contributed by atoms with Gasteiger partial charge in [0.2, 0.25) is 0 Å². The van der Waals surface area contributed by atoms with Crippen LogP contribution in [0.4, 0.5) is 0 Å². The maximum atomic E-state index is 12.6. The Balaban J connectivity index is 3.11. The van der Waals surface area contributed by atoms with Gasteiger partial charge in [0.25, 0.3) is 10.0 Å². The molecule has 0 unspecified atom stereocenters. The predicted octanol–water partition coefficient (Wildman–Crippen LogP) is 3.63. The Bertz CT molecular complexity index is 466. The highest BCUT2D eigenvalue weighted by Gasteiger charge is 2.30. The van der Waals surface area contributed by atoms with Crippen LogP contribution in [0, 0.1) is 6.92 Å². The maximum absolute atomic E-state index is 12.6. The largest absolute Gasteiger partial charge is 0.252 e. The van der Waals surface area contributed by atoms with Gasteiger partial charge in [-0.05, 0) is 31.9 Å². The van der Waals surface area contributed by atoms with Crippen LogP contribution >= 0.6 is 27.3 Å². The number of halogens is 1. The number of hydrogen-bond donors (Lipinski definition) is 0. The van der Waals surface area contributed by atoms with Crippen LogP contribution in [0.25, 0.3) is 0 Å². The molecule has 0 radical (unpaired) electrons. The Hall–Kier alpha value is 0.0900. The highest BCUT2D eigenvalue weighted by atomic mass is 79.9. The molecule has 0 aliphatic heterocycles. The minimum Gasteiger partial charge on any atom is -0.206 e. The van der Waals surface area contributed by atoms with Crippen molar-refractivity contribution < 1.29 is 8.42 Å². The SMILES string of the molecule is CCC(CC)N(CCBr)S(=O)(=O)c1ccc(C)s1. The molecule has 1 aromatic heterocycles.